The summed E-state index contributed by atoms with van der Waals surface area (Å²) >= 11 is 0. The molecule has 0 radical (unpaired) electrons. The van der Waals surface area contributed by atoms with Gasteiger partial charge in [0, 0.05) is 11.6 Å². The van der Waals surface area contributed by atoms with Crippen LogP contribution in [0.2, 0.25) is 0 Å². The number of hydrogen-bond donors (Lipinski definition) is 0. The van der Waals surface area contributed by atoms with Gasteiger partial charge in [-0.1, -0.05) is 80.1 Å². The zero-order valence-corrected chi connectivity index (χ0v) is 17.6. The molecule has 148 valence electrons. The van der Waals surface area contributed by atoms with E-state index in [9.17, 15) is 0 Å². The maximum absolute atomic E-state index is 4.77. The molecule has 1 heterocycles. The predicted octanol–water partition coefficient (Wildman–Crippen LogP) is 7.89. The second kappa shape index (κ2) is 10.6. The molecular weight excluding hydrogens is 350 g/mol. The molecule has 0 bridgehead atoms. The fourth-order valence-electron chi connectivity index (χ4n) is 3.85. The third-order valence-electron chi connectivity index (χ3n) is 5.37. The normalized spacial score (nSPS) is 15.4. The molecule has 1 aliphatic rings. The smallest absolute Gasteiger partial charge is 0.0743 e. The summed E-state index contributed by atoms with van der Waals surface area (Å²) in [4.78, 5) is 4.77. The van der Waals surface area contributed by atoms with Gasteiger partial charge in [0.1, 0.15) is 0 Å². The first-order valence-corrected chi connectivity index (χ1v) is 10.6. The van der Waals surface area contributed by atoms with Gasteiger partial charge < -0.3 is 0 Å². The summed E-state index contributed by atoms with van der Waals surface area (Å²) in [6.07, 6.45) is 15.2. The van der Waals surface area contributed by atoms with E-state index in [2.05, 4.69) is 93.3 Å². The highest BCUT2D eigenvalue weighted by molar-refractivity contribution is 5.97. The van der Waals surface area contributed by atoms with Crippen molar-refractivity contribution in [1.29, 1.82) is 0 Å². The van der Waals surface area contributed by atoms with Crippen molar-refractivity contribution >= 4 is 22.4 Å². The van der Waals surface area contributed by atoms with Crippen LogP contribution < -0.4 is 0 Å². The lowest BCUT2D eigenvalue weighted by Crippen LogP contribution is -2.13. The van der Waals surface area contributed by atoms with Gasteiger partial charge in [0.05, 0.1) is 5.69 Å². The summed E-state index contributed by atoms with van der Waals surface area (Å²) in [6.45, 7) is 7.78. The van der Waals surface area contributed by atoms with E-state index in [1.807, 2.05) is 12.3 Å². The van der Waals surface area contributed by atoms with Gasteiger partial charge in [0.25, 0.3) is 0 Å². The molecule has 1 aliphatic carbocycles. The molecule has 1 unspecified atom stereocenters. The summed E-state index contributed by atoms with van der Waals surface area (Å²) in [5, 5.41) is 2.50. The molecular formula is C28H31N. The third kappa shape index (κ3) is 5.12. The van der Waals surface area contributed by atoms with Crippen LogP contribution in [-0.2, 0) is 6.42 Å². The lowest BCUT2D eigenvalue weighted by molar-refractivity contribution is 0.671. The van der Waals surface area contributed by atoms with E-state index < -0.39 is 0 Å². The first-order chi connectivity index (χ1) is 14.3. The van der Waals surface area contributed by atoms with E-state index in [4.69, 9.17) is 4.98 Å². The molecule has 29 heavy (non-hydrogen) atoms. The Morgan fingerprint density at radius 2 is 1.86 bits per heavy atom. The maximum atomic E-state index is 4.77. The van der Waals surface area contributed by atoms with Crippen molar-refractivity contribution in [2.75, 3.05) is 0 Å². The first kappa shape index (κ1) is 20.8. The molecule has 0 saturated heterocycles. The van der Waals surface area contributed by atoms with Gasteiger partial charge in [-0.25, -0.2) is 0 Å². The fraction of sp³-hybridized carbons (Fsp3) is 0.250. The third-order valence-corrected chi connectivity index (χ3v) is 5.37. The zero-order valence-electron chi connectivity index (χ0n) is 17.6. The SMILES string of the molecule is C=CCCC.CC=CCC1Cc2ccccc2C=C1c1nccc2ccccc12. The number of fused-ring (bicyclic) bond motifs is 2. The van der Waals surface area contributed by atoms with Gasteiger partial charge in [0.15, 0.2) is 0 Å². The summed E-state index contributed by atoms with van der Waals surface area (Å²) in [6, 6.07) is 19.4. The van der Waals surface area contributed by atoms with Crippen molar-refractivity contribution in [3.63, 3.8) is 0 Å². The topological polar surface area (TPSA) is 12.9 Å². The average molecular weight is 382 g/mol. The minimum absolute atomic E-state index is 0.481. The van der Waals surface area contributed by atoms with Gasteiger partial charge in [0.2, 0.25) is 0 Å². The highest BCUT2D eigenvalue weighted by Crippen LogP contribution is 2.38. The maximum Gasteiger partial charge on any atom is 0.0743 e. The minimum Gasteiger partial charge on any atom is -0.256 e. The molecule has 0 N–H and O–H groups in total. The number of aromatic nitrogens is 1. The molecule has 4 rings (SSSR count). The second-order valence-electron chi connectivity index (χ2n) is 7.46. The molecule has 0 amide bonds. The quantitative estimate of drug-likeness (QED) is 0.409. The lowest BCUT2D eigenvalue weighted by atomic mass is 9.79. The molecule has 3 aromatic rings. The van der Waals surface area contributed by atoms with E-state index in [-0.39, 0.29) is 0 Å². The van der Waals surface area contributed by atoms with Gasteiger partial charge in [-0.15, -0.1) is 6.58 Å². The second-order valence-corrected chi connectivity index (χ2v) is 7.46. The number of rotatable bonds is 5. The van der Waals surface area contributed by atoms with Gasteiger partial charge >= 0.3 is 0 Å². The minimum atomic E-state index is 0.481. The lowest BCUT2D eigenvalue weighted by Gasteiger charge is -2.26. The van der Waals surface area contributed by atoms with Crippen LogP contribution in [-0.4, -0.2) is 4.98 Å². The van der Waals surface area contributed by atoms with Crippen molar-refractivity contribution in [2.45, 2.75) is 39.5 Å². The summed E-state index contributed by atoms with van der Waals surface area (Å²) < 4.78 is 0. The van der Waals surface area contributed by atoms with E-state index in [1.165, 1.54) is 33.9 Å². The van der Waals surface area contributed by atoms with Crippen LogP contribution in [0.25, 0.3) is 22.4 Å². The van der Waals surface area contributed by atoms with Crippen molar-refractivity contribution in [2.24, 2.45) is 5.92 Å². The molecule has 0 spiro atoms. The van der Waals surface area contributed by atoms with Gasteiger partial charge in [-0.3, -0.25) is 4.98 Å². The number of allylic oxidation sites excluding steroid dienone is 4. The van der Waals surface area contributed by atoms with Crippen molar-refractivity contribution in [3.05, 3.63) is 102 Å². The Balaban J connectivity index is 0.000000431. The summed E-state index contributed by atoms with van der Waals surface area (Å²) in [5.41, 5.74) is 5.27. The van der Waals surface area contributed by atoms with E-state index in [0.29, 0.717) is 5.92 Å². The number of nitrogens with zero attached hydrogens (tertiary/aromatic N) is 1. The van der Waals surface area contributed by atoms with Gasteiger partial charge in [-0.05, 0) is 66.3 Å². The molecule has 1 atom stereocenters. The molecule has 0 aliphatic heterocycles. The van der Waals surface area contributed by atoms with Crippen LogP contribution in [0.3, 0.4) is 0 Å². The van der Waals surface area contributed by atoms with E-state index >= 15 is 0 Å². The molecule has 0 saturated carbocycles. The van der Waals surface area contributed by atoms with Crippen LogP contribution in [0.4, 0.5) is 0 Å². The van der Waals surface area contributed by atoms with Gasteiger partial charge in [-0.2, -0.15) is 0 Å². The molecule has 1 heteroatoms. The number of benzene rings is 2. The Kier molecular flexibility index (Phi) is 7.58. The zero-order chi connectivity index (χ0) is 20.5. The molecule has 0 fully saturated rings. The highest BCUT2D eigenvalue weighted by Gasteiger charge is 2.23. The van der Waals surface area contributed by atoms with Crippen molar-refractivity contribution in [1.82, 2.24) is 4.98 Å². The Hall–Kier alpha value is -2.93. The van der Waals surface area contributed by atoms with Crippen LogP contribution in [0.5, 0.6) is 0 Å². The highest BCUT2D eigenvalue weighted by atomic mass is 14.7. The van der Waals surface area contributed by atoms with Crippen molar-refractivity contribution < 1.29 is 0 Å². The Bertz CT molecular complexity index is 1000. The van der Waals surface area contributed by atoms with Crippen molar-refractivity contribution in [3.8, 4) is 0 Å². The van der Waals surface area contributed by atoms with E-state index in [1.54, 1.807) is 0 Å². The van der Waals surface area contributed by atoms with Crippen LogP contribution in [0.1, 0.15) is 49.9 Å². The first-order valence-electron chi connectivity index (χ1n) is 10.6. The Labute approximate surface area is 175 Å². The number of unbranched alkanes of at least 4 members (excludes halogenated alkanes) is 1. The van der Waals surface area contributed by atoms with Crippen LogP contribution >= 0.6 is 0 Å². The molecule has 2 aromatic carbocycles. The number of pyridine rings is 1. The Morgan fingerprint density at radius 3 is 2.62 bits per heavy atom. The standard InChI is InChI=1S/C23H21N.C5H10/c1-2-3-8-20-15-18-10-4-5-11-19(18)16-22(20)23-21-12-7-6-9-17(21)13-14-24-23;1-3-5-4-2/h2-7,9-14,16,20H,8,15H2,1H3;3H,1,4-5H2,2H3. The summed E-state index contributed by atoms with van der Waals surface area (Å²) in [7, 11) is 0. The monoisotopic (exact) mass is 381 g/mol. The Morgan fingerprint density at radius 1 is 1.07 bits per heavy atom. The summed E-state index contributed by atoms with van der Waals surface area (Å²) in [5.74, 6) is 0.481. The van der Waals surface area contributed by atoms with E-state index in [0.717, 1.165) is 25.0 Å². The molecule has 1 nitrogen and oxygen atoms in total. The average Bonchev–Trinajstić information content (AvgIpc) is 2.77. The largest absolute Gasteiger partial charge is 0.256 e. The van der Waals surface area contributed by atoms with Crippen LogP contribution in [0, 0.1) is 5.92 Å². The van der Waals surface area contributed by atoms with Crippen LogP contribution in [0.15, 0.2) is 85.6 Å². The number of hydrogen-bond acceptors (Lipinski definition) is 1. The predicted molar refractivity (Wildman–Crippen MR) is 128 cm³/mol. The fourth-order valence-corrected chi connectivity index (χ4v) is 3.85. The molecule has 1 aromatic heterocycles.